The summed E-state index contributed by atoms with van der Waals surface area (Å²) in [6, 6.07) is 8.71. The molecule has 2 aliphatic rings. The van der Waals surface area contributed by atoms with Gasteiger partial charge in [-0.15, -0.1) is 0 Å². The van der Waals surface area contributed by atoms with Crippen molar-refractivity contribution in [2.24, 2.45) is 0 Å². The molecule has 3 rings (SSSR count). The Hall–Kier alpha value is -1.42. The molecule has 0 aliphatic carbocycles. The number of hydrogen-bond donors (Lipinski definition) is 0. The van der Waals surface area contributed by atoms with Gasteiger partial charge in [-0.1, -0.05) is 13.0 Å². The van der Waals surface area contributed by atoms with Crippen LogP contribution >= 0.6 is 0 Å². The summed E-state index contributed by atoms with van der Waals surface area (Å²) in [5.74, 6) is 0. The molecule has 0 saturated carbocycles. The maximum absolute atomic E-state index is 13.0. The lowest BCUT2D eigenvalue weighted by atomic mass is 10.1. The molecule has 1 aromatic carbocycles. The van der Waals surface area contributed by atoms with Gasteiger partial charge in [0, 0.05) is 25.2 Å². The second kappa shape index (κ2) is 5.99. The Kier molecular flexibility index (Phi) is 4.22. The maximum atomic E-state index is 13.0. The Balaban J connectivity index is 1.94. The van der Waals surface area contributed by atoms with Crippen molar-refractivity contribution in [1.82, 2.24) is 9.21 Å². The summed E-state index contributed by atoms with van der Waals surface area (Å²) >= 11 is 0. The second-order valence-electron chi connectivity index (χ2n) is 6.07. The van der Waals surface area contributed by atoms with Crippen molar-refractivity contribution < 1.29 is 8.42 Å². The molecule has 0 radical (unpaired) electrons. The van der Waals surface area contributed by atoms with Crippen LogP contribution in [0.1, 0.15) is 31.7 Å². The van der Waals surface area contributed by atoms with E-state index in [0.29, 0.717) is 18.2 Å². The van der Waals surface area contributed by atoms with E-state index in [-0.39, 0.29) is 10.9 Å². The van der Waals surface area contributed by atoms with Gasteiger partial charge in [-0.25, -0.2) is 8.42 Å². The fourth-order valence-corrected chi connectivity index (χ4v) is 5.32. The van der Waals surface area contributed by atoms with Crippen molar-refractivity contribution in [3.8, 4) is 6.07 Å². The Morgan fingerprint density at radius 1 is 1.36 bits per heavy atom. The van der Waals surface area contributed by atoms with E-state index in [4.69, 9.17) is 5.26 Å². The molecule has 22 heavy (non-hydrogen) atoms. The van der Waals surface area contributed by atoms with Crippen LogP contribution in [-0.4, -0.2) is 49.3 Å². The number of nitrogens with zero attached hydrogens (tertiary/aromatic N) is 3. The largest absolute Gasteiger partial charge is 0.297 e. The lowest BCUT2D eigenvalue weighted by molar-refractivity contribution is 0.106. The number of benzene rings is 1. The summed E-state index contributed by atoms with van der Waals surface area (Å²) in [6.07, 6.45) is 3.03. The Morgan fingerprint density at radius 2 is 2.18 bits per heavy atom. The van der Waals surface area contributed by atoms with E-state index in [9.17, 15) is 8.42 Å². The predicted octanol–water partition coefficient (Wildman–Crippen LogP) is 1.81. The summed E-state index contributed by atoms with van der Waals surface area (Å²) in [7, 11) is -3.54. The molecule has 0 bridgehead atoms. The van der Waals surface area contributed by atoms with Gasteiger partial charge in [0.2, 0.25) is 10.0 Å². The maximum Gasteiger partial charge on any atom is 0.243 e. The molecule has 2 fully saturated rings. The minimum absolute atomic E-state index is 0.0186. The molecule has 2 aliphatic heterocycles. The number of sulfonamides is 1. The smallest absolute Gasteiger partial charge is 0.243 e. The average molecular weight is 319 g/mol. The minimum Gasteiger partial charge on any atom is -0.297 e. The lowest BCUT2D eigenvalue weighted by Gasteiger charge is -2.42. The van der Waals surface area contributed by atoms with E-state index in [0.717, 1.165) is 32.4 Å². The van der Waals surface area contributed by atoms with Crippen molar-refractivity contribution in [3.63, 3.8) is 0 Å². The predicted molar refractivity (Wildman–Crippen MR) is 83.7 cm³/mol. The van der Waals surface area contributed by atoms with Crippen molar-refractivity contribution in [1.29, 1.82) is 5.26 Å². The highest BCUT2D eigenvalue weighted by Crippen LogP contribution is 2.30. The van der Waals surface area contributed by atoms with Gasteiger partial charge < -0.3 is 0 Å². The highest BCUT2D eigenvalue weighted by atomic mass is 32.2. The van der Waals surface area contributed by atoms with E-state index < -0.39 is 10.0 Å². The van der Waals surface area contributed by atoms with Gasteiger partial charge in [0.15, 0.2) is 0 Å². The number of fused-ring (bicyclic) bond motifs is 1. The molecule has 0 aromatic heterocycles. The Morgan fingerprint density at radius 3 is 2.91 bits per heavy atom. The SMILES string of the molecule is CCC1CN2CCCC2CN1S(=O)(=O)c1cccc(C#N)c1. The van der Waals surface area contributed by atoms with E-state index in [1.807, 2.05) is 13.0 Å². The van der Waals surface area contributed by atoms with Gasteiger partial charge >= 0.3 is 0 Å². The molecular weight excluding hydrogens is 298 g/mol. The molecule has 6 heteroatoms. The first-order valence-corrected chi connectivity index (χ1v) is 9.26. The lowest BCUT2D eigenvalue weighted by Crippen LogP contribution is -2.57. The fourth-order valence-electron chi connectivity index (χ4n) is 3.55. The van der Waals surface area contributed by atoms with Crippen molar-refractivity contribution in [2.75, 3.05) is 19.6 Å². The van der Waals surface area contributed by atoms with Gasteiger partial charge in [0.1, 0.15) is 0 Å². The van der Waals surface area contributed by atoms with Gasteiger partial charge in [-0.3, -0.25) is 4.90 Å². The molecule has 0 amide bonds. The zero-order valence-electron chi connectivity index (χ0n) is 12.8. The summed E-state index contributed by atoms with van der Waals surface area (Å²) in [5.41, 5.74) is 0.383. The van der Waals surface area contributed by atoms with Crippen LogP contribution in [0.15, 0.2) is 29.2 Å². The van der Waals surface area contributed by atoms with Crippen LogP contribution in [0, 0.1) is 11.3 Å². The molecule has 2 saturated heterocycles. The van der Waals surface area contributed by atoms with E-state index in [1.165, 1.54) is 6.07 Å². The fraction of sp³-hybridized carbons (Fsp3) is 0.562. The van der Waals surface area contributed by atoms with Crippen LogP contribution in [0.5, 0.6) is 0 Å². The molecule has 0 N–H and O–H groups in total. The molecule has 5 nitrogen and oxygen atoms in total. The summed E-state index contributed by atoms with van der Waals surface area (Å²) in [4.78, 5) is 2.66. The van der Waals surface area contributed by atoms with E-state index in [1.54, 1.807) is 22.5 Å². The molecule has 0 spiro atoms. The van der Waals surface area contributed by atoms with Crippen LogP contribution in [0.3, 0.4) is 0 Å². The number of nitriles is 1. The van der Waals surface area contributed by atoms with E-state index >= 15 is 0 Å². The van der Waals surface area contributed by atoms with E-state index in [2.05, 4.69) is 4.90 Å². The van der Waals surface area contributed by atoms with Gasteiger partial charge in [-0.2, -0.15) is 9.57 Å². The summed E-state index contributed by atoms with van der Waals surface area (Å²) in [6.45, 7) is 4.50. The van der Waals surface area contributed by atoms with Crippen molar-refractivity contribution in [3.05, 3.63) is 29.8 Å². The zero-order valence-corrected chi connectivity index (χ0v) is 13.6. The Bertz CT molecular complexity index is 696. The molecule has 2 atom stereocenters. The first-order chi connectivity index (χ1) is 10.6. The van der Waals surface area contributed by atoms with Gasteiger partial charge in [0.05, 0.1) is 16.5 Å². The third kappa shape index (κ3) is 2.65. The quantitative estimate of drug-likeness (QED) is 0.852. The molecule has 1 aromatic rings. The van der Waals surface area contributed by atoms with Gasteiger partial charge in [-0.05, 0) is 44.0 Å². The van der Waals surface area contributed by atoms with Crippen LogP contribution in [-0.2, 0) is 10.0 Å². The molecule has 2 unspecified atom stereocenters. The zero-order chi connectivity index (χ0) is 15.7. The second-order valence-corrected chi connectivity index (χ2v) is 7.96. The third-order valence-electron chi connectivity index (χ3n) is 4.78. The van der Waals surface area contributed by atoms with Crippen LogP contribution < -0.4 is 0 Å². The highest BCUT2D eigenvalue weighted by molar-refractivity contribution is 7.89. The number of hydrogen-bond acceptors (Lipinski definition) is 4. The Labute approximate surface area is 132 Å². The summed E-state index contributed by atoms with van der Waals surface area (Å²) < 4.78 is 27.7. The first-order valence-electron chi connectivity index (χ1n) is 7.82. The summed E-state index contributed by atoms with van der Waals surface area (Å²) in [5, 5.41) is 8.99. The topological polar surface area (TPSA) is 64.4 Å². The van der Waals surface area contributed by atoms with Crippen molar-refractivity contribution in [2.45, 2.75) is 43.2 Å². The highest BCUT2D eigenvalue weighted by Gasteiger charge is 2.41. The monoisotopic (exact) mass is 319 g/mol. The van der Waals surface area contributed by atoms with Crippen LogP contribution in [0.25, 0.3) is 0 Å². The number of rotatable bonds is 3. The van der Waals surface area contributed by atoms with Crippen molar-refractivity contribution >= 4 is 10.0 Å². The van der Waals surface area contributed by atoms with Crippen LogP contribution in [0.2, 0.25) is 0 Å². The average Bonchev–Trinajstić information content (AvgIpc) is 3.01. The third-order valence-corrected chi connectivity index (χ3v) is 6.70. The van der Waals surface area contributed by atoms with Crippen LogP contribution in [0.4, 0.5) is 0 Å². The molecular formula is C16H21N3O2S. The molecule has 2 heterocycles. The normalized spacial score (nSPS) is 26.5. The first kappa shape index (κ1) is 15.5. The molecule has 118 valence electrons. The standard InChI is InChI=1S/C16H21N3O2S/c1-2-14-11-18-8-4-6-15(18)12-19(14)22(20,21)16-7-3-5-13(9-16)10-17/h3,5,7,9,14-15H,2,4,6,8,11-12H2,1H3. The number of piperazine rings is 1. The minimum atomic E-state index is -3.54. The van der Waals surface area contributed by atoms with Gasteiger partial charge in [0.25, 0.3) is 0 Å².